The lowest BCUT2D eigenvalue weighted by molar-refractivity contribution is 0.0958. The molecular weight excluding hydrogens is 547 g/mol. The van der Waals surface area contributed by atoms with Gasteiger partial charge in [0, 0.05) is 38.5 Å². The SMILES string of the molecule is CO[C@H]1Cc2ccccc2[C@H]1Nc1cc(O[C@@H]2C[C@@H](CO[Si](C)(C)C(C)(C)C)[C@@H](O[Si](C)(C)C(C)(C)C)C2)ncn1. The Morgan fingerprint density at radius 1 is 0.902 bits per heavy atom. The first-order valence-corrected chi connectivity index (χ1v) is 21.0. The molecule has 2 aliphatic carbocycles. The molecule has 2 aliphatic rings. The predicted molar refractivity (Wildman–Crippen MR) is 172 cm³/mol. The number of hydrogen-bond acceptors (Lipinski definition) is 7. The molecule has 41 heavy (non-hydrogen) atoms. The largest absolute Gasteiger partial charge is 0.474 e. The highest BCUT2D eigenvalue weighted by Gasteiger charge is 2.46. The van der Waals surface area contributed by atoms with Crippen LogP contribution in [0.1, 0.15) is 71.6 Å². The maximum atomic E-state index is 7.00. The van der Waals surface area contributed by atoms with Gasteiger partial charge in [0.15, 0.2) is 16.6 Å². The van der Waals surface area contributed by atoms with Crippen molar-refractivity contribution in [1.82, 2.24) is 9.97 Å². The van der Waals surface area contributed by atoms with Gasteiger partial charge in [-0.25, -0.2) is 9.97 Å². The van der Waals surface area contributed by atoms with Gasteiger partial charge < -0.3 is 23.6 Å². The highest BCUT2D eigenvalue weighted by Crippen LogP contribution is 2.43. The molecule has 0 aliphatic heterocycles. The number of ether oxygens (including phenoxy) is 2. The second kappa shape index (κ2) is 12.1. The van der Waals surface area contributed by atoms with Crippen LogP contribution >= 0.6 is 0 Å². The number of anilines is 1. The van der Waals surface area contributed by atoms with Crippen molar-refractivity contribution in [3.05, 3.63) is 47.8 Å². The molecule has 0 spiro atoms. The van der Waals surface area contributed by atoms with Crippen LogP contribution in [0.15, 0.2) is 36.7 Å². The number of hydrogen-bond donors (Lipinski definition) is 1. The molecule has 1 saturated carbocycles. The van der Waals surface area contributed by atoms with Crippen LogP contribution in [0.5, 0.6) is 5.88 Å². The van der Waals surface area contributed by atoms with E-state index >= 15 is 0 Å². The third-order valence-corrected chi connectivity index (χ3v) is 19.0. The minimum Gasteiger partial charge on any atom is -0.474 e. The summed E-state index contributed by atoms with van der Waals surface area (Å²) < 4.78 is 26.1. The van der Waals surface area contributed by atoms with Crippen molar-refractivity contribution < 1.29 is 18.3 Å². The smallest absolute Gasteiger partial charge is 0.218 e. The third-order valence-electron chi connectivity index (χ3n) is 10.0. The molecule has 228 valence electrons. The summed E-state index contributed by atoms with van der Waals surface area (Å²) in [5, 5.41) is 3.90. The van der Waals surface area contributed by atoms with Gasteiger partial charge >= 0.3 is 0 Å². The second-order valence-electron chi connectivity index (χ2n) is 15.0. The number of nitrogens with one attached hydrogen (secondary N) is 1. The Morgan fingerprint density at radius 3 is 2.24 bits per heavy atom. The molecule has 4 rings (SSSR count). The van der Waals surface area contributed by atoms with Crippen molar-refractivity contribution in [3.8, 4) is 5.88 Å². The number of fused-ring (bicyclic) bond motifs is 1. The van der Waals surface area contributed by atoms with E-state index in [-0.39, 0.29) is 34.4 Å². The Morgan fingerprint density at radius 2 is 1.59 bits per heavy atom. The topological polar surface area (TPSA) is 74.7 Å². The number of aromatic nitrogens is 2. The van der Waals surface area contributed by atoms with Gasteiger partial charge in [-0.3, -0.25) is 0 Å². The number of methoxy groups -OCH3 is 1. The molecule has 0 saturated heterocycles. The van der Waals surface area contributed by atoms with Crippen molar-refractivity contribution >= 4 is 22.5 Å². The van der Waals surface area contributed by atoms with Crippen LogP contribution in [0.25, 0.3) is 0 Å². The summed E-state index contributed by atoms with van der Waals surface area (Å²) in [6, 6.07) is 10.4. The Balaban J connectivity index is 1.47. The zero-order valence-electron chi connectivity index (χ0n) is 27.2. The van der Waals surface area contributed by atoms with Crippen LogP contribution in [-0.4, -0.2) is 58.6 Å². The minimum absolute atomic E-state index is 0.0134. The average molecular weight is 600 g/mol. The van der Waals surface area contributed by atoms with Crippen LogP contribution in [0, 0.1) is 5.92 Å². The molecule has 1 heterocycles. The summed E-state index contributed by atoms with van der Waals surface area (Å²) in [6.07, 6.45) is 4.37. The zero-order chi connectivity index (χ0) is 30.2. The van der Waals surface area contributed by atoms with Crippen molar-refractivity contribution in [2.75, 3.05) is 19.0 Å². The summed E-state index contributed by atoms with van der Waals surface area (Å²) in [4.78, 5) is 8.99. The Hall–Kier alpha value is -1.79. The Kier molecular flexibility index (Phi) is 9.46. The van der Waals surface area contributed by atoms with Crippen LogP contribution < -0.4 is 10.1 Å². The molecule has 7 nitrogen and oxygen atoms in total. The molecule has 0 radical (unpaired) electrons. The zero-order valence-corrected chi connectivity index (χ0v) is 29.2. The van der Waals surface area contributed by atoms with E-state index in [1.807, 2.05) is 6.07 Å². The van der Waals surface area contributed by atoms with E-state index in [9.17, 15) is 0 Å². The fourth-order valence-electron chi connectivity index (χ4n) is 5.30. The second-order valence-corrected chi connectivity index (χ2v) is 24.6. The lowest BCUT2D eigenvalue weighted by Crippen LogP contribution is -2.46. The van der Waals surface area contributed by atoms with Gasteiger partial charge in [-0.15, -0.1) is 0 Å². The summed E-state index contributed by atoms with van der Waals surface area (Å²) >= 11 is 0. The molecule has 1 N–H and O–H groups in total. The normalized spacial score (nSPS) is 25.3. The van der Waals surface area contributed by atoms with E-state index in [0.717, 1.165) is 25.1 Å². The van der Waals surface area contributed by atoms with Crippen molar-refractivity contribution in [3.63, 3.8) is 0 Å². The van der Waals surface area contributed by atoms with Crippen LogP contribution in [-0.2, 0) is 20.0 Å². The monoisotopic (exact) mass is 599 g/mol. The van der Waals surface area contributed by atoms with Crippen LogP contribution in [0.4, 0.5) is 5.82 Å². The third kappa shape index (κ3) is 7.41. The van der Waals surface area contributed by atoms with E-state index in [1.54, 1.807) is 13.4 Å². The molecule has 1 aromatic heterocycles. The predicted octanol–water partition coefficient (Wildman–Crippen LogP) is 7.77. The molecule has 0 amide bonds. The standard InChI is InChI=1S/C32H53N3O4Si2/c1-31(2,3)40(8,9)37-20-23-16-24(18-26(23)39-41(10,11)32(4,5)6)38-29-19-28(33-21-34-29)35-30-25-15-13-12-14-22(25)17-27(30)36-7/h12-15,19,21,23-24,26-27,30H,16-18,20H2,1-11H3,(H,33,34,35)/t23-,24+,26-,27-,30+/m0/s1. The molecule has 9 heteroatoms. The summed E-state index contributed by atoms with van der Waals surface area (Å²) in [5.41, 5.74) is 2.57. The van der Waals surface area contributed by atoms with Gasteiger partial charge in [0.25, 0.3) is 0 Å². The highest BCUT2D eigenvalue weighted by atomic mass is 28.4. The Labute approximate surface area is 250 Å². The number of nitrogens with zero attached hydrogens (tertiary/aromatic N) is 2. The van der Waals surface area contributed by atoms with Gasteiger partial charge in [0.2, 0.25) is 5.88 Å². The molecule has 2 aromatic rings. The van der Waals surface area contributed by atoms with E-state index in [1.165, 1.54) is 11.1 Å². The minimum atomic E-state index is -1.96. The van der Waals surface area contributed by atoms with E-state index in [0.29, 0.717) is 18.4 Å². The summed E-state index contributed by atoms with van der Waals surface area (Å²) in [5.74, 6) is 1.62. The molecule has 5 atom stereocenters. The quantitative estimate of drug-likeness (QED) is 0.280. The number of rotatable bonds is 10. The van der Waals surface area contributed by atoms with Gasteiger partial charge in [-0.1, -0.05) is 65.8 Å². The first kappa shape index (κ1) is 32.1. The van der Waals surface area contributed by atoms with Crippen molar-refractivity contribution in [1.29, 1.82) is 0 Å². The fourth-order valence-corrected chi connectivity index (χ4v) is 7.76. The van der Waals surface area contributed by atoms with Gasteiger partial charge in [0.1, 0.15) is 18.2 Å². The lowest BCUT2D eigenvalue weighted by Gasteiger charge is -2.41. The summed E-state index contributed by atoms with van der Waals surface area (Å²) in [7, 11) is -2.07. The van der Waals surface area contributed by atoms with Gasteiger partial charge in [-0.2, -0.15) is 0 Å². The van der Waals surface area contributed by atoms with E-state index < -0.39 is 16.6 Å². The molecule has 1 aromatic carbocycles. The maximum absolute atomic E-state index is 7.00. The molecule has 0 unspecified atom stereocenters. The molecule has 1 fully saturated rings. The Bertz CT molecular complexity index is 1180. The van der Waals surface area contributed by atoms with Crippen molar-refractivity contribution in [2.24, 2.45) is 5.92 Å². The highest BCUT2D eigenvalue weighted by molar-refractivity contribution is 6.74. The lowest BCUT2D eigenvalue weighted by atomic mass is 10.1. The van der Waals surface area contributed by atoms with E-state index in [2.05, 4.69) is 107 Å². The van der Waals surface area contributed by atoms with Crippen molar-refractivity contribution in [2.45, 2.75) is 121 Å². The van der Waals surface area contributed by atoms with Crippen LogP contribution in [0.2, 0.25) is 36.3 Å². The fraction of sp³-hybridized carbons (Fsp3) is 0.688. The molecule has 0 bridgehead atoms. The first-order chi connectivity index (χ1) is 19.0. The maximum Gasteiger partial charge on any atom is 0.218 e. The van der Waals surface area contributed by atoms with Crippen LogP contribution in [0.3, 0.4) is 0 Å². The first-order valence-electron chi connectivity index (χ1n) is 15.2. The number of benzene rings is 1. The van der Waals surface area contributed by atoms with E-state index in [4.69, 9.17) is 18.3 Å². The van der Waals surface area contributed by atoms with Gasteiger partial charge in [0.05, 0.1) is 18.2 Å². The van der Waals surface area contributed by atoms with Gasteiger partial charge in [-0.05, 0) is 53.8 Å². The summed E-state index contributed by atoms with van der Waals surface area (Å²) in [6.45, 7) is 23.8. The molecular formula is C32H53N3O4Si2. The average Bonchev–Trinajstić information content (AvgIpc) is 3.41.